The average Bonchev–Trinajstić information content (AvgIpc) is 3.22. The largest absolute Gasteiger partial charge is 0.493 e. The molecule has 0 unspecified atom stereocenters. The van der Waals surface area contributed by atoms with Crippen molar-refractivity contribution < 1.29 is 58.2 Å². The van der Waals surface area contributed by atoms with Crippen LogP contribution in [0.15, 0.2) is 72.3 Å². The van der Waals surface area contributed by atoms with Gasteiger partial charge in [0.2, 0.25) is 0 Å². The SMILES string of the molecule is CCC(C)(C)C(=O)O[C@H]1C[C@@H](C)C=C2C=C[C@H](C)[C@H](CC[C@@H](O)C[C@@H](O)CC(=O)OCc3ccc(COc4ccc(/C=C/C(=O)OCCCCO[N+](=O)[O-])cc4OC)cc3)[C@H]21. The van der Waals surface area contributed by atoms with Gasteiger partial charge >= 0.3 is 17.9 Å². The number of esters is 3. The van der Waals surface area contributed by atoms with Crippen LogP contribution >= 0.6 is 0 Å². The first-order valence-corrected chi connectivity index (χ1v) is 21.2. The van der Waals surface area contributed by atoms with Crippen molar-refractivity contribution in [3.63, 3.8) is 0 Å². The number of aliphatic hydroxyl groups excluding tert-OH is 2. The number of fused-ring (bicyclic) bond motifs is 1. The van der Waals surface area contributed by atoms with Gasteiger partial charge in [0.15, 0.2) is 11.5 Å². The smallest absolute Gasteiger partial charge is 0.330 e. The lowest BCUT2D eigenvalue weighted by molar-refractivity contribution is -0.757. The minimum Gasteiger partial charge on any atom is -0.493 e. The summed E-state index contributed by atoms with van der Waals surface area (Å²) in [6, 6.07) is 12.6. The van der Waals surface area contributed by atoms with Crippen molar-refractivity contribution in [2.45, 2.75) is 118 Å². The first-order chi connectivity index (χ1) is 29.1. The highest BCUT2D eigenvalue weighted by atomic mass is 16.9. The average molecular weight is 850 g/mol. The normalized spacial score (nSPS) is 20.8. The summed E-state index contributed by atoms with van der Waals surface area (Å²) in [5.41, 5.74) is 2.92. The third kappa shape index (κ3) is 15.6. The second-order valence-corrected chi connectivity index (χ2v) is 16.7. The Morgan fingerprint density at radius 1 is 0.967 bits per heavy atom. The molecule has 2 aliphatic carbocycles. The van der Waals surface area contributed by atoms with Gasteiger partial charge in [-0.1, -0.05) is 69.3 Å². The fourth-order valence-electron chi connectivity index (χ4n) is 7.51. The minimum absolute atomic E-state index is 0.0224. The number of nitrogens with zero attached hydrogens (tertiary/aromatic N) is 1. The molecule has 0 saturated heterocycles. The van der Waals surface area contributed by atoms with Crippen LogP contribution in [0.4, 0.5) is 0 Å². The summed E-state index contributed by atoms with van der Waals surface area (Å²) < 4.78 is 28.2. The lowest BCUT2D eigenvalue weighted by atomic mass is 9.65. The highest BCUT2D eigenvalue weighted by molar-refractivity contribution is 5.87. The predicted molar refractivity (Wildman–Crippen MR) is 227 cm³/mol. The molecule has 0 saturated carbocycles. The van der Waals surface area contributed by atoms with Crippen molar-refractivity contribution in [2.75, 3.05) is 20.3 Å². The number of unbranched alkanes of at least 4 members (excludes halogenated alkanes) is 1. The number of aliphatic hydroxyl groups is 2. The Morgan fingerprint density at radius 2 is 1.67 bits per heavy atom. The van der Waals surface area contributed by atoms with E-state index in [4.69, 9.17) is 23.7 Å². The highest BCUT2D eigenvalue weighted by Gasteiger charge is 2.43. The van der Waals surface area contributed by atoms with E-state index in [-0.39, 0.29) is 75.0 Å². The van der Waals surface area contributed by atoms with Gasteiger partial charge in [-0.3, -0.25) is 9.59 Å². The quantitative estimate of drug-likeness (QED) is 0.0259. The van der Waals surface area contributed by atoms with Crippen LogP contribution in [0.5, 0.6) is 11.5 Å². The lowest BCUT2D eigenvalue weighted by Gasteiger charge is -2.44. The molecule has 0 fully saturated rings. The van der Waals surface area contributed by atoms with Gasteiger partial charge in [0.05, 0.1) is 44.4 Å². The second-order valence-electron chi connectivity index (χ2n) is 16.7. The summed E-state index contributed by atoms with van der Waals surface area (Å²) in [6.45, 7) is 10.4. The maximum absolute atomic E-state index is 13.1. The molecular formula is C47H63NO13. The van der Waals surface area contributed by atoms with Gasteiger partial charge < -0.3 is 38.7 Å². The molecule has 61 heavy (non-hydrogen) atoms. The molecule has 334 valence electrons. The monoisotopic (exact) mass is 849 g/mol. The second kappa shape index (κ2) is 23.7. The van der Waals surface area contributed by atoms with Crippen molar-refractivity contribution in [1.29, 1.82) is 0 Å². The first-order valence-electron chi connectivity index (χ1n) is 21.2. The van der Waals surface area contributed by atoms with Gasteiger partial charge in [0.25, 0.3) is 5.09 Å². The van der Waals surface area contributed by atoms with E-state index in [0.29, 0.717) is 49.2 Å². The summed E-state index contributed by atoms with van der Waals surface area (Å²) in [4.78, 5) is 52.1. The number of rotatable bonds is 24. The number of hydrogen-bond donors (Lipinski definition) is 2. The van der Waals surface area contributed by atoms with E-state index in [0.717, 1.165) is 17.5 Å². The van der Waals surface area contributed by atoms with E-state index >= 15 is 0 Å². The molecule has 0 amide bonds. The van der Waals surface area contributed by atoms with Gasteiger partial charge in [-0.2, -0.15) is 0 Å². The molecule has 0 aliphatic heterocycles. The summed E-state index contributed by atoms with van der Waals surface area (Å²) in [7, 11) is 1.51. The Hall–Kier alpha value is -5.21. The summed E-state index contributed by atoms with van der Waals surface area (Å²) >= 11 is 0. The molecule has 0 bridgehead atoms. The molecule has 2 aromatic carbocycles. The number of hydrogen-bond acceptors (Lipinski definition) is 13. The van der Waals surface area contributed by atoms with Crippen LogP contribution in [0, 0.1) is 39.2 Å². The fraction of sp³-hybridized carbons (Fsp3) is 0.553. The van der Waals surface area contributed by atoms with Crippen molar-refractivity contribution in [3.05, 3.63) is 99.1 Å². The maximum atomic E-state index is 13.1. The maximum Gasteiger partial charge on any atom is 0.330 e. The van der Waals surface area contributed by atoms with Gasteiger partial charge in [0, 0.05) is 12.0 Å². The van der Waals surface area contributed by atoms with E-state index in [1.54, 1.807) is 24.3 Å². The predicted octanol–water partition coefficient (Wildman–Crippen LogP) is 7.90. The molecule has 0 spiro atoms. The Kier molecular flexibility index (Phi) is 18.8. The number of carbonyl (C=O) groups is 3. The molecule has 14 nitrogen and oxygen atoms in total. The van der Waals surface area contributed by atoms with Crippen molar-refractivity contribution in [1.82, 2.24) is 0 Å². The van der Waals surface area contributed by atoms with Crippen LogP contribution in [-0.2, 0) is 46.6 Å². The highest BCUT2D eigenvalue weighted by Crippen LogP contribution is 2.45. The molecular weight excluding hydrogens is 787 g/mol. The van der Waals surface area contributed by atoms with Crippen molar-refractivity contribution >= 4 is 24.0 Å². The molecule has 0 heterocycles. The molecule has 2 N–H and O–H groups in total. The topological polar surface area (TPSA) is 190 Å². The van der Waals surface area contributed by atoms with Crippen LogP contribution in [-0.4, -0.2) is 71.8 Å². The number of allylic oxidation sites excluding steroid dienone is 3. The van der Waals surface area contributed by atoms with E-state index < -0.39 is 34.6 Å². The van der Waals surface area contributed by atoms with E-state index in [9.17, 15) is 34.7 Å². The lowest BCUT2D eigenvalue weighted by Crippen LogP contribution is -2.43. The Bertz CT molecular complexity index is 1850. The molecule has 4 rings (SSSR count). The van der Waals surface area contributed by atoms with Crippen LogP contribution in [0.3, 0.4) is 0 Å². The number of ether oxygens (including phenoxy) is 5. The zero-order valence-electron chi connectivity index (χ0n) is 36.3. The Morgan fingerprint density at radius 3 is 2.36 bits per heavy atom. The summed E-state index contributed by atoms with van der Waals surface area (Å²) in [5, 5.41) is 30.9. The molecule has 0 radical (unpaired) electrons. The summed E-state index contributed by atoms with van der Waals surface area (Å²) in [5.74, 6) is 0.362. The van der Waals surface area contributed by atoms with Gasteiger partial charge in [0.1, 0.15) is 19.3 Å². The number of benzene rings is 2. The molecule has 2 aromatic rings. The van der Waals surface area contributed by atoms with Gasteiger partial charge in [-0.25, -0.2) is 4.79 Å². The third-order valence-electron chi connectivity index (χ3n) is 11.5. The van der Waals surface area contributed by atoms with Gasteiger partial charge in [-0.05, 0) is 117 Å². The van der Waals surface area contributed by atoms with Crippen molar-refractivity contribution in [2.24, 2.45) is 29.1 Å². The first kappa shape index (κ1) is 48.5. The Balaban J connectivity index is 1.18. The third-order valence-corrected chi connectivity index (χ3v) is 11.5. The summed E-state index contributed by atoms with van der Waals surface area (Å²) in [6.07, 6.45) is 10.6. The van der Waals surface area contributed by atoms with Crippen LogP contribution in [0.25, 0.3) is 6.08 Å². The number of methoxy groups -OCH3 is 1. The van der Waals surface area contributed by atoms with Crippen molar-refractivity contribution in [3.8, 4) is 11.5 Å². The zero-order chi connectivity index (χ0) is 44.5. The number of carbonyl (C=O) groups excluding carboxylic acids is 3. The molecule has 2 aliphatic rings. The molecule has 0 aromatic heterocycles. The Labute approximate surface area is 359 Å². The van der Waals surface area contributed by atoms with E-state index in [2.05, 4.69) is 36.9 Å². The molecule has 7 atom stereocenters. The van der Waals surface area contributed by atoms with E-state index in [1.807, 2.05) is 45.0 Å². The van der Waals surface area contributed by atoms with Crippen LogP contribution < -0.4 is 9.47 Å². The van der Waals surface area contributed by atoms with E-state index in [1.165, 1.54) is 18.8 Å². The fourth-order valence-corrected chi connectivity index (χ4v) is 7.51. The standard InChI is InChI=1S/C47H63NO13/c1-7-47(4,5)46(53)61-42-25-31(2)24-36-17-10-32(3)39(45(36)42)19-18-37(49)27-38(50)28-44(52)59-30-35-13-11-34(12-14-35)29-58-40-20-15-33(26-41(40)56-6)16-21-43(51)57-22-8-9-23-60-48(54)55/h10-17,20-21,24,26,31-32,37-39,42,45,49-50H,7-9,18-19,22-23,25,27-30H2,1-6H3/b21-16+/t31-,32-,37+,38+,39-,42-,45-/m0/s1. The van der Waals surface area contributed by atoms with Gasteiger partial charge in [-0.15, -0.1) is 10.1 Å². The minimum atomic E-state index is -1.06. The molecule has 14 heteroatoms. The zero-order valence-corrected chi connectivity index (χ0v) is 36.3. The van der Waals surface area contributed by atoms with Crippen LogP contribution in [0.2, 0.25) is 0 Å². The van der Waals surface area contributed by atoms with Crippen LogP contribution in [0.1, 0.15) is 103 Å².